The van der Waals surface area contributed by atoms with Gasteiger partial charge in [0.15, 0.2) is 11.5 Å². The number of hydrogen-bond acceptors (Lipinski definition) is 4. The van der Waals surface area contributed by atoms with Crippen molar-refractivity contribution in [3.8, 4) is 11.5 Å². The molecule has 1 aliphatic carbocycles. The molecule has 3 fully saturated rings. The van der Waals surface area contributed by atoms with Crippen LogP contribution in [0.25, 0.3) is 0 Å². The SMILES string of the molecule is COc1cc(C(=O)N2C[C@]3(C)C[C@H]2CC(C)(C)C3)ccc1OC1CCN(C(C)=O)CC1. The zero-order valence-corrected chi connectivity index (χ0v) is 19.6. The zero-order valence-electron chi connectivity index (χ0n) is 19.6. The third-order valence-corrected chi connectivity index (χ3v) is 7.27. The maximum atomic E-state index is 13.4. The van der Waals surface area contributed by atoms with E-state index < -0.39 is 0 Å². The van der Waals surface area contributed by atoms with Gasteiger partial charge < -0.3 is 19.3 Å². The number of piperidine rings is 1. The summed E-state index contributed by atoms with van der Waals surface area (Å²) in [5.41, 5.74) is 1.15. The smallest absolute Gasteiger partial charge is 0.254 e. The minimum Gasteiger partial charge on any atom is -0.493 e. The molecule has 2 saturated heterocycles. The van der Waals surface area contributed by atoms with E-state index in [1.807, 2.05) is 23.1 Å². The molecule has 31 heavy (non-hydrogen) atoms. The summed E-state index contributed by atoms with van der Waals surface area (Å²) < 4.78 is 11.8. The summed E-state index contributed by atoms with van der Waals surface area (Å²) in [6.45, 7) is 10.8. The first-order valence-electron chi connectivity index (χ1n) is 11.5. The molecular formula is C25H36N2O4. The fraction of sp³-hybridized carbons (Fsp3) is 0.680. The Labute approximate surface area is 185 Å². The summed E-state index contributed by atoms with van der Waals surface area (Å²) in [6, 6.07) is 5.85. The first kappa shape index (κ1) is 22.0. The average molecular weight is 429 g/mol. The molecule has 0 unspecified atom stereocenters. The van der Waals surface area contributed by atoms with E-state index in [0.717, 1.165) is 32.2 Å². The Bertz CT molecular complexity index is 859. The van der Waals surface area contributed by atoms with Crippen molar-refractivity contribution in [1.82, 2.24) is 9.80 Å². The number of benzene rings is 1. The van der Waals surface area contributed by atoms with Gasteiger partial charge in [-0.1, -0.05) is 20.8 Å². The second-order valence-electron chi connectivity index (χ2n) is 10.8. The number of carbonyl (C=O) groups excluding carboxylic acids is 2. The Kier molecular flexibility index (Phi) is 5.69. The van der Waals surface area contributed by atoms with Crippen molar-refractivity contribution in [1.29, 1.82) is 0 Å². The lowest BCUT2D eigenvalue weighted by Crippen LogP contribution is -2.40. The Morgan fingerprint density at radius 1 is 1.06 bits per heavy atom. The molecule has 0 radical (unpaired) electrons. The van der Waals surface area contributed by atoms with Crippen LogP contribution in [0, 0.1) is 10.8 Å². The first-order valence-corrected chi connectivity index (χ1v) is 11.5. The van der Waals surface area contributed by atoms with Gasteiger partial charge in [-0.2, -0.15) is 0 Å². The zero-order chi connectivity index (χ0) is 22.4. The Hall–Kier alpha value is -2.24. The molecule has 1 saturated carbocycles. The summed E-state index contributed by atoms with van der Waals surface area (Å²) in [5.74, 6) is 1.45. The van der Waals surface area contributed by atoms with Gasteiger partial charge in [-0.15, -0.1) is 0 Å². The van der Waals surface area contributed by atoms with Crippen molar-refractivity contribution < 1.29 is 19.1 Å². The molecule has 2 amide bonds. The number of amides is 2. The molecule has 2 heterocycles. The van der Waals surface area contributed by atoms with Crippen molar-refractivity contribution in [2.75, 3.05) is 26.7 Å². The molecule has 0 N–H and O–H groups in total. The molecule has 6 nitrogen and oxygen atoms in total. The molecule has 4 rings (SSSR count). The van der Waals surface area contributed by atoms with E-state index in [1.54, 1.807) is 14.0 Å². The number of carbonyl (C=O) groups is 2. The number of rotatable bonds is 4. The summed E-state index contributed by atoms with van der Waals surface area (Å²) in [6.07, 6.45) is 4.97. The third-order valence-electron chi connectivity index (χ3n) is 7.27. The maximum Gasteiger partial charge on any atom is 0.254 e. The van der Waals surface area contributed by atoms with Crippen molar-refractivity contribution >= 4 is 11.8 Å². The quantitative estimate of drug-likeness (QED) is 0.724. The van der Waals surface area contributed by atoms with Crippen molar-refractivity contribution in [2.24, 2.45) is 10.8 Å². The van der Waals surface area contributed by atoms with E-state index in [9.17, 15) is 9.59 Å². The second-order valence-corrected chi connectivity index (χ2v) is 10.8. The van der Waals surface area contributed by atoms with E-state index >= 15 is 0 Å². The highest BCUT2D eigenvalue weighted by Gasteiger charge is 2.51. The van der Waals surface area contributed by atoms with Gasteiger partial charge in [0, 0.05) is 51.0 Å². The van der Waals surface area contributed by atoms with Gasteiger partial charge in [0.25, 0.3) is 5.91 Å². The van der Waals surface area contributed by atoms with Gasteiger partial charge in [0.05, 0.1) is 7.11 Å². The van der Waals surface area contributed by atoms with E-state index in [-0.39, 0.29) is 28.7 Å². The Morgan fingerprint density at radius 3 is 2.42 bits per heavy atom. The molecule has 1 aromatic carbocycles. The largest absolute Gasteiger partial charge is 0.493 e. The third kappa shape index (κ3) is 4.53. The van der Waals surface area contributed by atoms with Gasteiger partial charge in [0.1, 0.15) is 6.10 Å². The lowest BCUT2D eigenvalue weighted by atomic mass is 9.65. The van der Waals surface area contributed by atoms with E-state index in [0.29, 0.717) is 36.2 Å². The lowest BCUT2D eigenvalue weighted by Gasteiger charge is -2.39. The van der Waals surface area contributed by atoms with Crippen molar-refractivity contribution in [2.45, 2.75) is 71.9 Å². The summed E-state index contributed by atoms with van der Waals surface area (Å²) in [4.78, 5) is 28.9. The van der Waals surface area contributed by atoms with Gasteiger partial charge >= 0.3 is 0 Å². The fourth-order valence-corrected chi connectivity index (χ4v) is 6.23. The van der Waals surface area contributed by atoms with Gasteiger partial charge in [-0.3, -0.25) is 9.59 Å². The predicted molar refractivity (Wildman–Crippen MR) is 119 cm³/mol. The van der Waals surface area contributed by atoms with Crippen LogP contribution >= 0.6 is 0 Å². The van der Waals surface area contributed by atoms with Crippen LogP contribution in [0.3, 0.4) is 0 Å². The van der Waals surface area contributed by atoms with Crippen molar-refractivity contribution in [3.63, 3.8) is 0 Å². The fourth-order valence-electron chi connectivity index (χ4n) is 6.23. The van der Waals surface area contributed by atoms with E-state index in [2.05, 4.69) is 25.7 Å². The van der Waals surface area contributed by atoms with E-state index in [4.69, 9.17) is 9.47 Å². The van der Waals surface area contributed by atoms with Gasteiger partial charge in [0.2, 0.25) is 5.91 Å². The molecule has 3 aliphatic rings. The monoisotopic (exact) mass is 428 g/mol. The first-order chi connectivity index (χ1) is 14.6. The molecule has 2 atom stereocenters. The van der Waals surface area contributed by atoms with Crippen LogP contribution in [0.15, 0.2) is 18.2 Å². The molecule has 2 aliphatic heterocycles. The molecule has 0 spiro atoms. The number of likely N-dealkylation sites (tertiary alicyclic amines) is 2. The Balaban J connectivity index is 1.46. The number of nitrogens with zero attached hydrogens (tertiary/aromatic N) is 2. The van der Waals surface area contributed by atoms with Crippen LogP contribution in [0.2, 0.25) is 0 Å². The van der Waals surface area contributed by atoms with Crippen LogP contribution in [-0.2, 0) is 4.79 Å². The summed E-state index contributed by atoms with van der Waals surface area (Å²) in [7, 11) is 1.61. The minimum absolute atomic E-state index is 0.0473. The molecule has 1 aromatic rings. The highest BCUT2D eigenvalue weighted by atomic mass is 16.5. The van der Waals surface area contributed by atoms with Gasteiger partial charge in [-0.25, -0.2) is 0 Å². The number of methoxy groups -OCH3 is 1. The second kappa shape index (κ2) is 8.03. The predicted octanol–water partition coefficient (Wildman–Crippen LogP) is 4.13. The van der Waals surface area contributed by atoms with Crippen LogP contribution in [-0.4, -0.2) is 60.5 Å². The minimum atomic E-state index is 0.0473. The van der Waals surface area contributed by atoms with E-state index in [1.165, 1.54) is 6.42 Å². The number of hydrogen-bond donors (Lipinski definition) is 0. The molecule has 6 heteroatoms. The summed E-state index contributed by atoms with van der Waals surface area (Å²) in [5, 5.41) is 0. The topological polar surface area (TPSA) is 59.1 Å². The summed E-state index contributed by atoms with van der Waals surface area (Å²) >= 11 is 0. The normalized spacial score (nSPS) is 27.8. The van der Waals surface area contributed by atoms with Crippen LogP contribution in [0.1, 0.15) is 70.2 Å². The highest BCUT2D eigenvalue weighted by Crippen LogP contribution is 2.52. The molecule has 0 aromatic heterocycles. The molecule has 2 bridgehead atoms. The molecular weight excluding hydrogens is 392 g/mol. The van der Waals surface area contributed by atoms with Crippen LogP contribution in [0.4, 0.5) is 0 Å². The Morgan fingerprint density at radius 2 is 1.77 bits per heavy atom. The van der Waals surface area contributed by atoms with Crippen LogP contribution < -0.4 is 9.47 Å². The molecule has 170 valence electrons. The van der Waals surface area contributed by atoms with Crippen molar-refractivity contribution in [3.05, 3.63) is 23.8 Å². The number of fused-ring (bicyclic) bond motifs is 2. The number of ether oxygens (including phenoxy) is 2. The van der Waals surface area contributed by atoms with Crippen LogP contribution in [0.5, 0.6) is 11.5 Å². The van der Waals surface area contributed by atoms with Gasteiger partial charge in [-0.05, 0) is 48.3 Å². The maximum absolute atomic E-state index is 13.4. The highest BCUT2D eigenvalue weighted by molar-refractivity contribution is 5.95. The standard InChI is InChI=1S/C25H36N2O4/c1-17(28)26-10-8-20(9-11-26)31-21-7-6-18(12-22(21)30-5)23(29)27-16-25(4)14-19(27)13-24(2,3)15-25/h6-7,12,19-20H,8-11,13-16H2,1-5H3/t19-,25-/m1/s1. The average Bonchev–Trinajstić information content (AvgIpc) is 2.96. The lowest BCUT2D eigenvalue weighted by molar-refractivity contribution is -0.130.